The monoisotopic (exact) mass is 250 g/mol. The van der Waals surface area contributed by atoms with Crippen LogP contribution >= 0.6 is 0 Å². The smallest absolute Gasteiger partial charge is 0.224 e. The van der Waals surface area contributed by atoms with E-state index in [9.17, 15) is 0 Å². The second-order valence-corrected chi connectivity index (χ2v) is 5.34. The van der Waals surface area contributed by atoms with E-state index >= 15 is 0 Å². The van der Waals surface area contributed by atoms with Gasteiger partial charge in [0.25, 0.3) is 0 Å². The summed E-state index contributed by atoms with van der Waals surface area (Å²) in [6.45, 7) is 11.7. The number of anilines is 2. The van der Waals surface area contributed by atoms with Gasteiger partial charge in [0, 0.05) is 30.9 Å². The van der Waals surface area contributed by atoms with Crippen LogP contribution in [-0.4, -0.2) is 29.1 Å². The van der Waals surface area contributed by atoms with E-state index in [4.69, 9.17) is 0 Å². The molecule has 0 spiro atoms. The van der Waals surface area contributed by atoms with Crippen molar-refractivity contribution < 1.29 is 0 Å². The van der Waals surface area contributed by atoms with Gasteiger partial charge in [-0.25, -0.2) is 4.98 Å². The molecule has 0 aliphatic heterocycles. The first-order valence-electron chi connectivity index (χ1n) is 6.74. The largest absolute Gasteiger partial charge is 0.354 e. The topological polar surface area (TPSA) is 41.1 Å². The summed E-state index contributed by atoms with van der Waals surface area (Å²) in [5, 5.41) is 3.25. The van der Waals surface area contributed by atoms with Crippen LogP contribution in [0.2, 0.25) is 0 Å². The molecule has 1 rings (SSSR count). The molecule has 1 N–H and O–H groups in total. The average Bonchev–Trinajstić information content (AvgIpc) is 2.34. The number of hydrogen-bond acceptors (Lipinski definition) is 4. The fraction of sp³-hybridized carbons (Fsp3) is 0.714. The predicted octanol–water partition coefficient (Wildman–Crippen LogP) is 3.23. The Morgan fingerprint density at radius 3 is 2.50 bits per heavy atom. The molecule has 0 radical (unpaired) electrons. The number of rotatable bonds is 6. The van der Waals surface area contributed by atoms with E-state index < -0.39 is 0 Å². The van der Waals surface area contributed by atoms with Crippen molar-refractivity contribution in [1.82, 2.24) is 9.97 Å². The molecule has 1 aromatic heterocycles. The molecule has 18 heavy (non-hydrogen) atoms. The second-order valence-electron chi connectivity index (χ2n) is 5.34. The fourth-order valence-corrected chi connectivity index (χ4v) is 1.59. The third-order valence-corrected chi connectivity index (χ3v) is 3.49. The van der Waals surface area contributed by atoms with E-state index in [1.165, 1.54) is 0 Å². The van der Waals surface area contributed by atoms with Crippen LogP contribution in [0.15, 0.2) is 6.07 Å². The molecule has 0 saturated carbocycles. The Labute approximate surface area is 111 Å². The second kappa shape index (κ2) is 6.03. The fourth-order valence-electron chi connectivity index (χ4n) is 1.59. The van der Waals surface area contributed by atoms with Crippen molar-refractivity contribution in [3.05, 3.63) is 11.8 Å². The Kier molecular flexibility index (Phi) is 4.93. The zero-order valence-corrected chi connectivity index (χ0v) is 12.5. The lowest BCUT2D eigenvalue weighted by Crippen LogP contribution is -2.41. The van der Waals surface area contributed by atoms with Gasteiger partial charge in [-0.3, -0.25) is 0 Å². The highest BCUT2D eigenvalue weighted by molar-refractivity contribution is 5.46. The highest BCUT2D eigenvalue weighted by Crippen LogP contribution is 2.24. The summed E-state index contributed by atoms with van der Waals surface area (Å²) in [6, 6.07) is 2.04. The van der Waals surface area contributed by atoms with Crippen molar-refractivity contribution in [2.75, 3.05) is 23.8 Å². The van der Waals surface area contributed by atoms with E-state index in [0.29, 0.717) is 0 Å². The summed E-state index contributed by atoms with van der Waals surface area (Å²) in [5.41, 5.74) is 1.10. The van der Waals surface area contributed by atoms with E-state index in [0.717, 1.165) is 36.8 Å². The first kappa shape index (κ1) is 14.7. The molecule has 0 amide bonds. The maximum Gasteiger partial charge on any atom is 0.224 e. The van der Waals surface area contributed by atoms with Crippen molar-refractivity contribution >= 4 is 11.8 Å². The lowest BCUT2D eigenvalue weighted by Gasteiger charge is -2.36. The molecule has 0 aromatic carbocycles. The summed E-state index contributed by atoms with van der Waals surface area (Å²) in [4.78, 5) is 11.2. The van der Waals surface area contributed by atoms with Gasteiger partial charge >= 0.3 is 0 Å². The Morgan fingerprint density at radius 2 is 1.94 bits per heavy atom. The zero-order chi connectivity index (χ0) is 13.8. The minimum atomic E-state index is 0.100. The molecule has 1 aromatic rings. The number of hydrogen-bond donors (Lipinski definition) is 1. The van der Waals surface area contributed by atoms with Crippen molar-refractivity contribution in [3.63, 3.8) is 0 Å². The van der Waals surface area contributed by atoms with Crippen LogP contribution in [0.5, 0.6) is 0 Å². The van der Waals surface area contributed by atoms with E-state index in [1.54, 1.807) is 0 Å². The van der Waals surface area contributed by atoms with Gasteiger partial charge < -0.3 is 10.2 Å². The number of nitrogens with zero attached hydrogens (tertiary/aromatic N) is 3. The summed E-state index contributed by atoms with van der Waals surface area (Å²) in [5.74, 6) is 1.71. The van der Waals surface area contributed by atoms with Gasteiger partial charge in [0.2, 0.25) is 5.95 Å². The van der Waals surface area contributed by atoms with E-state index in [1.807, 2.05) is 13.0 Å². The molecular weight excluding hydrogens is 224 g/mol. The third kappa shape index (κ3) is 3.59. The molecule has 4 nitrogen and oxygen atoms in total. The average molecular weight is 250 g/mol. The zero-order valence-electron chi connectivity index (χ0n) is 12.5. The Bertz CT molecular complexity index is 387. The minimum absolute atomic E-state index is 0.100. The van der Waals surface area contributed by atoms with Gasteiger partial charge in [0.1, 0.15) is 5.82 Å². The molecule has 0 unspecified atom stereocenters. The summed E-state index contributed by atoms with van der Waals surface area (Å²) in [6.07, 6.45) is 2.15. The van der Waals surface area contributed by atoms with Gasteiger partial charge in [-0.2, -0.15) is 4.98 Å². The quantitative estimate of drug-likeness (QED) is 0.841. The van der Waals surface area contributed by atoms with Crippen LogP contribution in [-0.2, 0) is 0 Å². The first-order chi connectivity index (χ1) is 8.40. The minimum Gasteiger partial charge on any atom is -0.354 e. The van der Waals surface area contributed by atoms with Crippen LogP contribution in [0.4, 0.5) is 11.8 Å². The summed E-state index contributed by atoms with van der Waals surface area (Å²) < 4.78 is 0. The molecule has 0 aliphatic carbocycles. The van der Waals surface area contributed by atoms with Crippen LogP contribution < -0.4 is 10.2 Å². The van der Waals surface area contributed by atoms with E-state index in [2.05, 4.69) is 54.9 Å². The summed E-state index contributed by atoms with van der Waals surface area (Å²) in [7, 11) is 2.09. The van der Waals surface area contributed by atoms with Crippen molar-refractivity contribution in [1.29, 1.82) is 0 Å². The predicted molar refractivity (Wildman–Crippen MR) is 78.3 cm³/mol. The molecule has 0 fully saturated rings. The summed E-state index contributed by atoms with van der Waals surface area (Å²) >= 11 is 0. The van der Waals surface area contributed by atoms with Gasteiger partial charge in [0.05, 0.1) is 0 Å². The molecule has 4 heteroatoms. The lowest BCUT2D eigenvalue weighted by atomic mass is 10.00. The normalized spacial score (nSPS) is 11.4. The van der Waals surface area contributed by atoms with Crippen molar-refractivity contribution in [2.45, 2.75) is 53.0 Å². The molecule has 0 atom stereocenters. The maximum atomic E-state index is 4.59. The molecule has 0 saturated heterocycles. The third-order valence-electron chi connectivity index (χ3n) is 3.49. The standard InChI is InChI=1S/C14H26N4/c1-7-9-15-13-16-11(3)10-12(17-13)18(6)14(4,5)8-2/h10H,7-9H2,1-6H3,(H,15,16,17). The van der Waals surface area contributed by atoms with Gasteiger partial charge in [-0.1, -0.05) is 13.8 Å². The lowest BCUT2D eigenvalue weighted by molar-refractivity contribution is 0.467. The van der Waals surface area contributed by atoms with Gasteiger partial charge in [-0.05, 0) is 33.6 Å². The highest BCUT2D eigenvalue weighted by Gasteiger charge is 2.23. The van der Waals surface area contributed by atoms with Gasteiger partial charge in [-0.15, -0.1) is 0 Å². The van der Waals surface area contributed by atoms with Crippen molar-refractivity contribution in [3.8, 4) is 0 Å². The van der Waals surface area contributed by atoms with Crippen LogP contribution in [0.1, 0.15) is 46.2 Å². The Hall–Kier alpha value is -1.32. The maximum absolute atomic E-state index is 4.59. The molecular formula is C14H26N4. The van der Waals surface area contributed by atoms with Crippen LogP contribution in [0, 0.1) is 6.92 Å². The SMILES string of the molecule is CCCNc1nc(C)cc(N(C)C(C)(C)CC)n1. The molecule has 102 valence electrons. The highest BCUT2D eigenvalue weighted by atomic mass is 15.2. The van der Waals surface area contributed by atoms with Crippen molar-refractivity contribution in [2.24, 2.45) is 0 Å². The first-order valence-corrected chi connectivity index (χ1v) is 6.74. The molecule has 1 heterocycles. The Morgan fingerprint density at radius 1 is 1.28 bits per heavy atom. The number of nitrogens with one attached hydrogen (secondary N) is 1. The number of aryl methyl sites for hydroxylation is 1. The van der Waals surface area contributed by atoms with E-state index in [-0.39, 0.29) is 5.54 Å². The van der Waals surface area contributed by atoms with Gasteiger partial charge in [0.15, 0.2) is 0 Å². The molecule has 0 aliphatic rings. The number of aromatic nitrogens is 2. The Balaban J connectivity index is 2.98. The van der Waals surface area contributed by atoms with Crippen LogP contribution in [0.3, 0.4) is 0 Å². The van der Waals surface area contributed by atoms with Crippen LogP contribution in [0.25, 0.3) is 0 Å². The molecule has 0 bridgehead atoms.